The number of hydrogen-bond acceptors (Lipinski definition) is 2. The lowest BCUT2D eigenvalue weighted by molar-refractivity contribution is -0.608. The number of rotatable bonds is 7. The van der Waals surface area contributed by atoms with Gasteiger partial charge in [-0.25, -0.2) is 4.39 Å². The van der Waals surface area contributed by atoms with Gasteiger partial charge in [0.25, 0.3) is 5.69 Å². The third-order valence-corrected chi connectivity index (χ3v) is 3.65. The standard InChI is InChI=1S/C18H21FN2O2/c1-2-3-5-12-20(14-15-8-10-16(19)11-9-15)18(22)17-7-4-6-13-21(17)23/h4,6-11,13H,2-3,5,12,14H2,1H3. The lowest BCUT2D eigenvalue weighted by Gasteiger charge is -2.22. The quantitative estimate of drug-likeness (QED) is 0.447. The highest BCUT2D eigenvalue weighted by molar-refractivity contribution is 5.90. The Kier molecular flexibility index (Phi) is 6.09. The number of carbonyl (C=O) groups excluding carboxylic acids is 1. The van der Waals surface area contributed by atoms with Crippen molar-refractivity contribution in [3.63, 3.8) is 0 Å². The minimum absolute atomic E-state index is 0.103. The molecular weight excluding hydrogens is 295 g/mol. The molecule has 1 amide bonds. The number of hydrogen-bond donors (Lipinski definition) is 0. The maximum absolute atomic E-state index is 13.0. The summed E-state index contributed by atoms with van der Waals surface area (Å²) in [6.07, 6.45) is 4.25. The van der Waals surface area contributed by atoms with Crippen molar-refractivity contribution in [2.45, 2.75) is 32.7 Å². The largest absolute Gasteiger partial charge is 0.618 e. The molecule has 2 rings (SSSR count). The topological polar surface area (TPSA) is 47.2 Å². The highest BCUT2D eigenvalue weighted by Crippen LogP contribution is 2.11. The zero-order valence-electron chi connectivity index (χ0n) is 13.2. The van der Waals surface area contributed by atoms with Gasteiger partial charge in [-0.2, -0.15) is 4.73 Å². The molecule has 0 saturated carbocycles. The van der Waals surface area contributed by atoms with Gasteiger partial charge in [0, 0.05) is 25.2 Å². The second-order valence-electron chi connectivity index (χ2n) is 5.47. The molecule has 0 fully saturated rings. The summed E-state index contributed by atoms with van der Waals surface area (Å²) in [7, 11) is 0. The Labute approximate surface area is 135 Å². The summed E-state index contributed by atoms with van der Waals surface area (Å²) in [5, 5.41) is 11.8. The Morgan fingerprint density at radius 2 is 1.91 bits per heavy atom. The number of pyridine rings is 1. The van der Waals surface area contributed by atoms with Crippen molar-refractivity contribution in [3.05, 3.63) is 70.9 Å². The van der Waals surface area contributed by atoms with E-state index >= 15 is 0 Å². The molecule has 122 valence electrons. The van der Waals surface area contributed by atoms with Crippen LogP contribution in [-0.2, 0) is 6.54 Å². The molecule has 4 nitrogen and oxygen atoms in total. The molecular formula is C18H21FN2O2. The smallest absolute Gasteiger partial charge is 0.320 e. The van der Waals surface area contributed by atoms with E-state index in [1.165, 1.54) is 24.4 Å². The Bertz CT molecular complexity index is 644. The highest BCUT2D eigenvalue weighted by Gasteiger charge is 2.22. The molecule has 0 radical (unpaired) electrons. The van der Waals surface area contributed by atoms with E-state index in [1.807, 2.05) is 0 Å². The number of amides is 1. The monoisotopic (exact) mass is 316 g/mol. The summed E-state index contributed by atoms with van der Waals surface area (Å²) in [6, 6.07) is 10.8. The first-order valence-corrected chi connectivity index (χ1v) is 7.83. The molecule has 0 atom stereocenters. The van der Waals surface area contributed by atoms with Gasteiger partial charge in [-0.05, 0) is 30.2 Å². The molecule has 0 aliphatic heterocycles. The van der Waals surface area contributed by atoms with Crippen molar-refractivity contribution in [1.82, 2.24) is 4.90 Å². The van der Waals surface area contributed by atoms with E-state index in [0.717, 1.165) is 24.8 Å². The maximum atomic E-state index is 13.0. The van der Waals surface area contributed by atoms with Crippen molar-refractivity contribution in [1.29, 1.82) is 0 Å². The number of unbranched alkanes of at least 4 members (excludes halogenated alkanes) is 2. The van der Waals surface area contributed by atoms with Crippen LogP contribution in [0.15, 0.2) is 48.7 Å². The van der Waals surface area contributed by atoms with Gasteiger partial charge < -0.3 is 10.1 Å². The SMILES string of the molecule is CCCCCN(Cc1ccc(F)cc1)C(=O)c1cccc[n+]1[O-]. The molecule has 0 aliphatic rings. The molecule has 1 aromatic carbocycles. The van der Waals surface area contributed by atoms with Crippen LogP contribution in [0.4, 0.5) is 4.39 Å². The maximum Gasteiger partial charge on any atom is 0.320 e. The second kappa shape index (κ2) is 8.27. The summed E-state index contributed by atoms with van der Waals surface area (Å²) in [5.74, 6) is -0.612. The third-order valence-electron chi connectivity index (χ3n) is 3.65. The zero-order valence-corrected chi connectivity index (χ0v) is 13.2. The van der Waals surface area contributed by atoms with Crippen molar-refractivity contribution in [3.8, 4) is 0 Å². The molecule has 1 aromatic heterocycles. The summed E-state index contributed by atoms with van der Waals surface area (Å²) in [5.41, 5.74) is 0.940. The van der Waals surface area contributed by atoms with E-state index in [0.29, 0.717) is 17.8 Å². The molecule has 0 N–H and O–H groups in total. The average molecular weight is 316 g/mol. The van der Waals surface area contributed by atoms with Gasteiger partial charge in [0.05, 0.1) is 0 Å². The number of aromatic nitrogens is 1. The van der Waals surface area contributed by atoms with E-state index in [2.05, 4.69) is 6.92 Å². The zero-order chi connectivity index (χ0) is 16.7. The predicted molar refractivity (Wildman–Crippen MR) is 86.1 cm³/mol. The Balaban J connectivity index is 2.17. The van der Waals surface area contributed by atoms with Crippen molar-refractivity contribution < 1.29 is 13.9 Å². The van der Waals surface area contributed by atoms with Gasteiger partial charge in [0.15, 0.2) is 6.20 Å². The number of benzene rings is 1. The molecule has 0 spiro atoms. The molecule has 0 bridgehead atoms. The van der Waals surface area contributed by atoms with Crippen LogP contribution in [0.5, 0.6) is 0 Å². The van der Waals surface area contributed by atoms with Crippen LogP contribution in [0.2, 0.25) is 0 Å². The predicted octanol–water partition coefficient (Wildman–Crippen LogP) is 3.29. The van der Waals surface area contributed by atoms with Crippen LogP contribution < -0.4 is 4.73 Å². The fourth-order valence-corrected chi connectivity index (χ4v) is 2.37. The summed E-state index contributed by atoms with van der Waals surface area (Å²) in [6.45, 7) is 3.02. The van der Waals surface area contributed by atoms with Crippen molar-refractivity contribution in [2.24, 2.45) is 0 Å². The summed E-state index contributed by atoms with van der Waals surface area (Å²) < 4.78 is 13.6. The van der Waals surface area contributed by atoms with E-state index < -0.39 is 0 Å². The minimum Gasteiger partial charge on any atom is -0.618 e. The minimum atomic E-state index is -0.307. The van der Waals surface area contributed by atoms with E-state index in [1.54, 1.807) is 29.2 Å². The Hall–Kier alpha value is -2.43. The van der Waals surface area contributed by atoms with Crippen LogP contribution >= 0.6 is 0 Å². The van der Waals surface area contributed by atoms with Crippen LogP contribution in [0.3, 0.4) is 0 Å². The van der Waals surface area contributed by atoms with Gasteiger partial charge in [-0.3, -0.25) is 4.79 Å². The van der Waals surface area contributed by atoms with Gasteiger partial charge in [0.1, 0.15) is 5.82 Å². The molecule has 0 unspecified atom stereocenters. The van der Waals surface area contributed by atoms with E-state index in [4.69, 9.17) is 0 Å². The number of carbonyl (C=O) groups is 1. The van der Waals surface area contributed by atoms with Crippen molar-refractivity contribution in [2.75, 3.05) is 6.54 Å². The van der Waals surface area contributed by atoms with Crippen LogP contribution in [-0.4, -0.2) is 17.4 Å². The third kappa shape index (κ3) is 4.77. The highest BCUT2D eigenvalue weighted by atomic mass is 19.1. The second-order valence-corrected chi connectivity index (χ2v) is 5.47. The Morgan fingerprint density at radius 1 is 1.17 bits per heavy atom. The van der Waals surface area contributed by atoms with Crippen molar-refractivity contribution >= 4 is 5.91 Å². The van der Waals surface area contributed by atoms with Gasteiger partial charge in [-0.1, -0.05) is 31.9 Å². The molecule has 5 heteroatoms. The molecule has 23 heavy (non-hydrogen) atoms. The molecule has 0 aliphatic carbocycles. The average Bonchev–Trinajstić information content (AvgIpc) is 2.56. The van der Waals surface area contributed by atoms with Gasteiger partial charge in [-0.15, -0.1) is 0 Å². The lowest BCUT2D eigenvalue weighted by atomic mass is 10.1. The van der Waals surface area contributed by atoms with E-state index in [-0.39, 0.29) is 17.4 Å². The summed E-state index contributed by atoms with van der Waals surface area (Å²) in [4.78, 5) is 14.3. The lowest BCUT2D eigenvalue weighted by Crippen LogP contribution is -2.41. The molecule has 0 saturated heterocycles. The van der Waals surface area contributed by atoms with Crippen LogP contribution in [0, 0.1) is 11.0 Å². The first-order valence-electron chi connectivity index (χ1n) is 7.83. The first-order chi connectivity index (χ1) is 11.1. The number of halogens is 1. The Morgan fingerprint density at radius 3 is 2.57 bits per heavy atom. The van der Waals surface area contributed by atoms with Crippen LogP contribution in [0.1, 0.15) is 42.2 Å². The van der Waals surface area contributed by atoms with Gasteiger partial charge >= 0.3 is 5.91 Å². The fraction of sp³-hybridized carbons (Fsp3) is 0.333. The molecule has 1 heterocycles. The number of nitrogens with zero attached hydrogens (tertiary/aromatic N) is 2. The molecule has 2 aromatic rings. The normalized spacial score (nSPS) is 10.5. The van der Waals surface area contributed by atoms with E-state index in [9.17, 15) is 14.4 Å². The summed E-state index contributed by atoms with van der Waals surface area (Å²) >= 11 is 0. The first kappa shape index (κ1) is 16.9. The van der Waals surface area contributed by atoms with Gasteiger partial charge in [0.2, 0.25) is 0 Å². The van der Waals surface area contributed by atoms with Crippen LogP contribution in [0.25, 0.3) is 0 Å². The fourth-order valence-electron chi connectivity index (χ4n) is 2.37.